The van der Waals surface area contributed by atoms with Crippen LogP contribution in [0.1, 0.15) is 57.5 Å². The monoisotopic (exact) mass is 408 g/mol. The highest BCUT2D eigenvalue weighted by molar-refractivity contribution is 5.98. The molecular weight excluding hydrogens is 380 g/mol. The van der Waals surface area contributed by atoms with Crippen molar-refractivity contribution in [1.29, 1.82) is 0 Å². The van der Waals surface area contributed by atoms with Crippen molar-refractivity contribution in [2.24, 2.45) is 0 Å². The minimum Gasteiger partial charge on any atom is -0.391 e. The van der Waals surface area contributed by atoms with Crippen LogP contribution in [0.2, 0.25) is 0 Å². The van der Waals surface area contributed by atoms with E-state index in [1.807, 2.05) is 12.1 Å². The highest BCUT2D eigenvalue weighted by Crippen LogP contribution is 2.20. The zero-order valence-electron chi connectivity index (χ0n) is 17.0. The first-order chi connectivity index (χ1) is 14.6. The van der Waals surface area contributed by atoms with Gasteiger partial charge in [0.05, 0.1) is 12.7 Å². The largest absolute Gasteiger partial charge is 0.391 e. The van der Waals surface area contributed by atoms with Crippen LogP contribution in [0, 0.1) is 0 Å². The number of aliphatic hydroxyl groups excluding tert-OH is 1. The van der Waals surface area contributed by atoms with Crippen LogP contribution in [0.15, 0.2) is 48.5 Å². The van der Waals surface area contributed by atoms with Gasteiger partial charge in [0.25, 0.3) is 5.91 Å². The van der Waals surface area contributed by atoms with Crippen molar-refractivity contribution in [3.05, 3.63) is 70.8 Å². The summed E-state index contributed by atoms with van der Waals surface area (Å²) in [6.45, 7) is 1.89. The van der Waals surface area contributed by atoms with E-state index in [-0.39, 0.29) is 24.2 Å². The van der Waals surface area contributed by atoms with Crippen molar-refractivity contribution in [2.45, 2.75) is 50.8 Å². The average molecular weight is 408 g/mol. The first-order valence-electron chi connectivity index (χ1n) is 10.7. The van der Waals surface area contributed by atoms with Crippen LogP contribution in [0.5, 0.6) is 0 Å². The van der Waals surface area contributed by atoms with Crippen LogP contribution in [0.4, 0.5) is 0 Å². The molecule has 2 aliphatic heterocycles. The predicted octanol–water partition coefficient (Wildman–Crippen LogP) is 2.89. The molecule has 0 aliphatic carbocycles. The van der Waals surface area contributed by atoms with Crippen molar-refractivity contribution >= 4 is 11.7 Å². The smallest absolute Gasteiger partial charge is 0.277 e. The maximum absolute atomic E-state index is 12.6. The van der Waals surface area contributed by atoms with Crippen molar-refractivity contribution in [2.75, 3.05) is 13.2 Å². The number of amides is 1. The fourth-order valence-electron chi connectivity index (χ4n) is 4.08. The van der Waals surface area contributed by atoms with E-state index >= 15 is 0 Å². The molecule has 2 aromatic rings. The Labute approximate surface area is 176 Å². The summed E-state index contributed by atoms with van der Waals surface area (Å²) in [5.41, 5.74) is 3.59. The SMILES string of the molecule is O=C(CC[C@@H](O)[C@@H]1Cc2ccccc2CN1)c1ccc(C(=O)N2CCCCO2)cc1. The van der Waals surface area contributed by atoms with E-state index in [0.717, 1.165) is 25.8 Å². The zero-order chi connectivity index (χ0) is 20.9. The summed E-state index contributed by atoms with van der Waals surface area (Å²) < 4.78 is 0. The molecule has 2 aromatic carbocycles. The Kier molecular flexibility index (Phi) is 6.57. The van der Waals surface area contributed by atoms with E-state index in [0.29, 0.717) is 30.7 Å². The van der Waals surface area contributed by atoms with Crippen LogP contribution in [0.3, 0.4) is 0 Å². The number of ketones is 1. The van der Waals surface area contributed by atoms with Crippen molar-refractivity contribution in [1.82, 2.24) is 10.4 Å². The Bertz CT molecular complexity index is 890. The maximum Gasteiger partial charge on any atom is 0.277 e. The lowest BCUT2D eigenvalue weighted by Gasteiger charge is -2.29. The van der Waals surface area contributed by atoms with Crippen molar-refractivity contribution < 1.29 is 19.5 Å². The molecular formula is C24H28N2O4. The summed E-state index contributed by atoms with van der Waals surface area (Å²) in [6, 6.07) is 14.9. The number of aliphatic hydroxyl groups is 1. The molecule has 1 fully saturated rings. The number of carbonyl (C=O) groups is 2. The zero-order valence-corrected chi connectivity index (χ0v) is 17.0. The Morgan fingerprint density at radius 3 is 2.53 bits per heavy atom. The van der Waals surface area contributed by atoms with Gasteiger partial charge in [0.15, 0.2) is 5.78 Å². The number of nitrogens with one attached hydrogen (secondary N) is 1. The summed E-state index contributed by atoms with van der Waals surface area (Å²) >= 11 is 0. The summed E-state index contributed by atoms with van der Waals surface area (Å²) in [4.78, 5) is 30.4. The molecule has 2 heterocycles. The molecule has 2 N–H and O–H groups in total. The normalized spacial score (nSPS) is 19.8. The summed E-state index contributed by atoms with van der Waals surface area (Å²) in [5, 5.41) is 15.3. The first kappa shape index (κ1) is 20.7. The third kappa shape index (κ3) is 4.78. The fraction of sp³-hybridized carbons (Fsp3) is 0.417. The Morgan fingerprint density at radius 2 is 1.80 bits per heavy atom. The van der Waals surface area contributed by atoms with Gasteiger partial charge in [0, 0.05) is 36.7 Å². The van der Waals surface area contributed by atoms with Crippen LogP contribution < -0.4 is 5.32 Å². The van der Waals surface area contributed by atoms with Gasteiger partial charge in [0.1, 0.15) is 0 Å². The van der Waals surface area contributed by atoms with Crippen molar-refractivity contribution in [3.8, 4) is 0 Å². The molecule has 0 spiro atoms. The second kappa shape index (κ2) is 9.51. The number of fused-ring (bicyclic) bond motifs is 1. The Balaban J connectivity index is 1.29. The standard InChI is InChI=1S/C24H28N2O4/c27-22(11-12-23(28)21-15-19-5-1-2-6-20(19)16-25-21)17-7-9-18(10-8-17)24(29)26-13-3-4-14-30-26/h1-2,5-10,21,23,25,28H,3-4,11-16H2/t21-,23+/m0/s1. The highest BCUT2D eigenvalue weighted by Gasteiger charge is 2.25. The lowest BCUT2D eigenvalue weighted by molar-refractivity contribution is -0.144. The number of rotatable bonds is 6. The molecule has 0 unspecified atom stereocenters. The average Bonchev–Trinajstić information content (AvgIpc) is 2.82. The van der Waals surface area contributed by atoms with Gasteiger partial charge in [-0.25, -0.2) is 5.06 Å². The molecule has 2 atom stereocenters. The minimum absolute atomic E-state index is 0.0292. The second-order valence-corrected chi connectivity index (χ2v) is 8.01. The molecule has 2 aliphatic rings. The van der Waals surface area contributed by atoms with Gasteiger partial charge in [-0.2, -0.15) is 0 Å². The van der Waals surface area contributed by atoms with E-state index in [2.05, 4.69) is 17.4 Å². The molecule has 0 bridgehead atoms. The molecule has 6 nitrogen and oxygen atoms in total. The minimum atomic E-state index is -0.584. The quantitative estimate of drug-likeness (QED) is 0.719. The van der Waals surface area contributed by atoms with Crippen LogP contribution in [-0.4, -0.2) is 47.2 Å². The third-order valence-electron chi connectivity index (χ3n) is 5.93. The Hall–Kier alpha value is -2.54. The first-order valence-corrected chi connectivity index (χ1v) is 10.7. The van der Waals surface area contributed by atoms with Gasteiger partial charge >= 0.3 is 0 Å². The number of hydroxylamine groups is 2. The molecule has 4 rings (SSSR count). The van der Waals surface area contributed by atoms with Gasteiger partial charge < -0.3 is 10.4 Å². The highest BCUT2D eigenvalue weighted by atomic mass is 16.7. The molecule has 0 aromatic heterocycles. The number of benzene rings is 2. The van der Waals surface area contributed by atoms with Gasteiger partial charge in [-0.15, -0.1) is 0 Å². The topological polar surface area (TPSA) is 78.9 Å². The number of hydrogen-bond acceptors (Lipinski definition) is 5. The van der Waals surface area contributed by atoms with E-state index in [4.69, 9.17) is 4.84 Å². The molecule has 6 heteroatoms. The van der Waals surface area contributed by atoms with Crippen LogP contribution >= 0.6 is 0 Å². The van der Waals surface area contributed by atoms with Gasteiger partial charge in [-0.3, -0.25) is 14.4 Å². The molecule has 0 radical (unpaired) electrons. The number of nitrogens with zero attached hydrogens (tertiary/aromatic N) is 1. The van der Waals surface area contributed by atoms with E-state index < -0.39 is 6.10 Å². The van der Waals surface area contributed by atoms with Gasteiger partial charge in [0.2, 0.25) is 0 Å². The second-order valence-electron chi connectivity index (χ2n) is 8.01. The summed E-state index contributed by atoms with van der Waals surface area (Å²) in [5.74, 6) is -0.203. The summed E-state index contributed by atoms with van der Waals surface area (Å²) in [6.07, 6.45) is 2.75. The molecule has 1 saturated heterocycles. The van der Waals surface area contributed by atoms with E-state index in [9.17, 15) is 14.7 Å². The van der Waals surface area contributed by atoms with Crippen LogP contribution in [0.25, 0.3) is 0 Å². The van der Waals surface area contributed by atoms with Crippen molar-refractivity contribution in [3.63, 3.8) is 0 Å². The predicted molar refractivity (Wildman–Crippen MR) is 113 cm³/mol. The maximum atomic E-state index is 12.6. The van der Waals surface area contributed by atoms with E-state index in [1.54, 1.807) is 24.3 Å². The van der Waals surface area contributed by atoms with E-state index in [1.165, 1.54) is 16.2 Å². The number of hydrogen-bond donors (Lipinski definition) is 2. The summed E-state index contributed by atoms with van der Waals surface area (Å²) in [7, 11) is 0. The lowest BCUT2D eigenvalue weighted by Crippen LogP contribution is -2.44. The molecule has 158 valence electrons. The fourth-order valence-corrected chi connectivity index (χ4v) is 4.08. The Morgan fingerprint density at radius 1 is 1.07 bits per heavy atom. The number of Topliss-reactive ketones (excluding diaryl/α,β-unsaturated/α-hetero) is 1. The lowest BCUT2D eigenvalue weighted by atomic mass is 9.90. The third-order valence-corrected chi connectivity index (χ3v) is 5.93. The van der Waals surface area contributed by atoms with Crippen LogP contribution in [-0.2, 0) is 17.8 Å². The van der Waals surface area contributed by atoms with Gasteiger partial charge in [-0.05, 0) is 48.9 Å². The molecule has 1 amide bonds. The molecule has 30 heavy (non-hydrogen) atoms. The molecule has 0 saturated carbocycles. The number of carbonyl (C=O) groups excluding carboxylic acids is 2. The van der Waals surface area contributed by atoms with Gasteiger partial charge in [-0.1, -0.05) is 36.4 Å².